The highest BCUT2D eigenvalue weighted by Gasteiger charge is 2.05. The summed E-state index contributed by atoms with van der Waals surface area (Å²) in [5.74, 6) is 1.46. The minimum atomic E-state index is 0.136. The fraction of sp³-hybridized carbons (Fsp3) is 0.571. The van der Waals surface area contributed by atoms with Crippen molar-refractivity contribution in [3.05, 3.63) is 24.0 Å². The molecule has 1 aliphatic rings. The van der Waals surface area contributed by atoms with Crippen LogP contribution in [0.1, 0.15) is 39.5 Å². The molecule has 4 heteroatoms. The number of hydrogen-bond acceptors (Lipinski definition) is 4. The lowest BCUT2D eigenvalue weighted by Gasteiger charge is -2.10. The first kappa shape index (κ1) is 12.9. The highest BCUT2D eigenvalue weighted by Crippen LogP contribution is 2.20. The Hall–Kier alpha value is -1.58. The van der Waals surface area contributed by atoms with Crippen molar-refractivity contribution in [2.45, 2.75) is 45.6 Å². The number of nitrogens with one attached hydrogen (secondary N) is 1. The zero-order valence-electron chi connectivity index (χ0n) is 11.1. The molecule has 1 aromatic rings. The number of ether oxygens (including phenoxy) is 1. The molecule has 0 unspecified atom stereocenters. The van der Waals surface area contributed by atoms with Crippen LogP contribution in [0.2, 0.25) is 0 Å². The summed E-state index contributed by atoms with van der Waals surface area (Å²) in [4.78, 5) is 8.27. The van der Waals surface area contributed by atoms with Gasteiger partial charge in [-0.25, -0.2) is 9.97 Å². The van der Waals surface area contributed by atoms with Gasteiger partial charge in [0.2, 0.25) is 5.88 Å². The predicted octanol–water partition coefficient (Wildman–Crippen LogP) is 3.18. The molecule has 0 radical (unpaired) electrons. The van der Waals surface area contributed by atoms with Crippen molar-refractivity contribution in [3.8, 4) is 5.88 Å². The average molecular weight is 247 g/mol. The van der Waals surface area contributed by atoms with Gasteiger partial charge in [-0.1, -0.05) is 11.6 Å². The third-order valence-corrected chi connectivity index (χ3v) is 2.89. The van der Waals surface area contributed by atoms with Crippen LogP contribution in [0.25, 0.3) is 0 Å². The minimum absolute atomic E-state index is 0.136. The van der Waals surface area contributed by atoms with Crippen molar-refractivity contribution in [1.82, 2.24) is 9.97 Å². The third-order valence-electron chi connectivity index (χ3n) is 2.89. The molecule has 1 N–H and O–H groups in total. The van der Waals surface area contributed by atoms with Gasteiger partial charge in [0.25, 0.3) is 0 Å². The molecule has 0 fully saturated rings. The van der Waals surface area contributed by atoms with Gasteiger partial charge in [-0.15, -0.1) is 0 Å². The molecule has 98 valence electrons. The van der Waals surface area contributed by atoms with E-state index in [0.29, 0.717) is 5.88 Å². The van der Waals surface area contributed by atoms with E-state index in [1.54, 1.807) is 5.57 Å². The van der Waals surface area contributed by atoms with Crippen LogP contribution >= 0.6 is 0 Å². The lowest BCUT2D eigenvalue weighted by molar-refractivity contribution is 0.232. The zero-order valence-corrected chi connectivity index (χ0v) is 11.1. The fourth-order valence-corrected chi connectivity index (χ4v) is 2.06. The third kappa shape index (κ3) is 4.02. The van der Waals surface area contributed by atoms with E-state index in [1.807, 2.05) is 19.9 Å². The summed E-state index contributed by atoms with van der Waals surface area (Å²) in [5, 5.41) is 3.31. The van der Waals surface area contributed by atoms with Crippen LogP contribution in [0.15, 0.2) is 24.0 Å². The van der Waals surface area contributed by atoms with Crippen LogP contribution in [-0.4, -0.2) is 22.6 Å². The summed E-state index contributed by atoms with van der Waals surface area (Å²) < 4.78 is 5.53. The Morgan fingerprint density at radius 1 is 1.39 bits per heavy atom. The van der Waals surface area contributed by atoms with Gasteiger partial charge in [0.05, 0.1) is 6.10 Å². The van der Waals surface area contributed by atoms with Crippen molar-refractivity contribution in [3.63, 3.8) is 0 Å². The van der Waals surface area contributed by atoms with Crippen LogP contribution in [0, 0.1) is 0 Å². The van der Waals surface area contributed by atoms with E-state index in [9.17, 15) is 0 Å². The van der Waals surface area contributed by atoms with Crippen LogP contribution < -0.4 is 10.1 Å². The lowest BCUT2D eigenvalue weighted by Crippen LogP contribution is -2.09. The van der Waals surface area contributed by atoms with Crippen molar-refractivity contribution in [2.75, 3.05) is 11.9 Å². The molecule has 1 heterocycles. The highest BCUT2D eigenvalue weighted by atomic mass is 16.5. The molecule has 1 aliphatic carbocycles. The predicted molar refractivity (Wildman–Crippen MR) is 72.8 cm³/mol. The van der Waals surface area contributed by atoms with Crippen molar-refractivity contribution < 1.29 is 4.74 Å². The maximum Gasteiger partial charge on any atom is 0.218 e. The Morgan fingerprint density at radius 3 is 3.00 bits per heavy atom. The van der Waals surface area contributed by atoms with E-state index in [-0.39, 0.29) is 6.10 Å². The molecule has 0 atom stereocenters. The monoisotopic (exact) mass is 247 g/mol. The largest absolute Gasteiger partial charge is 0.475 e. The maximum atomic E-state index is 5.53. The highest BCUT2D eigenvalue weighted by molar-refractivity contribution is 5.37. The first-order valence-corrected chi connectivity index (χ1v) is 6.64. The van der Waals surface area contributed by atoms with Crippen molar-refractivity contribution >= 4 is 5.82 Å². The average Bonchev–Trinajstić information content (AvgIpc) is 2.82. The molecule has 0 bridgehead atoms. The van der Waals surface area contributed by atoms with E-state index in [0.717, 1.165) is 18.8 Å². The molecule has 0 saturated heterocycles. The van der Waals surface area contributed by atoms with E-state index in [4.69, 9.17) is 4.74 Å². The van der Waals surface area contributed by atoms with E-state index < -0.39 is 0 Å². The second-order valence-corrected chi connectivity index (χ2v) is 4.84. The lowest BCUT2D eigenvalue weighted by atomic mass is 10.2. The van der Waals surface area contributed by atoms with Gasteiger partial charge in [-0.3, -0.25) is 0 Å². The molecule has 0 spiro atoms. The molecule has 2 rings (SSSR count). The maximum absolute atomic E-state index is 5.53. The van der Waals surface area contributed by atoms with Gasteiger partial charge < -0.3 is 10.1 Å². The van der Waals surface area contributed by atoms with Gasteiger partial charge in [0.15, 0.2) is 0 Å². The minimum Gasteiger partial charge on any atom is -0.475 e. The molecular weight excluding hydrogens is 226 g/mol. The number of rotatable bonds is 6. The Kier molecular flexibility index (Phi) is 4.56. The quantitative estimate of drug-likeness (QED) is 0.784. The topological polar surface area (TPSA) is 47.0 Å². The van der Waals surface area contributed by atoms with Crippen LogP contribution in [0.3, 0.4) is 0 Å². The number of anilines is 1. The van der Waals surface area contributed by atoms with Gasteiger partial charge in [0, 0.05) is 12.6 Å². The molecule has 1 aromatic heterocycles. The van der Waals surface area contributed by atoms with Gasteiger partial charge >= 0.3 is 0 Å². The molecule has 0 saturated carbocycles. The summed E-state index contributed by atoms with van der Waals surface area (Å²) in [6.07, 6.45) is 8.95. The summed E-state index contributed by atoms with van der Waals surface area (Å²) in [7, 11) is 0. The zero-order chi connectivity index (χ0) is 12.8. The number of hydrogen-bond donors (Lipinski definition) is 1. The van der Waals surface area contributed by atoms with Crippen molar-refractivity contribution in [2.24, 2.45) is 0 Å². The molecular formula is C14H21N3O. The van der Waals surface area contributed by atoms with Crippen LogP contribution in [0.4, 0.5) is 5.82 Å². The van der Waals surface area contributed by atoms with Gasteiger partial charge in [-0.05, 0) is 39.5 Å². The first-order chi connectivity index (χ1) is 8.74. The van der Waals surface area contributed by atoms with Crippen LogP contribution in [-0.2, 0) is 0 Å². The summed E-state index contributed by atoms with van der Waals surface area (Å²) >= 11 is 0. The van der Waals surface area contributed by atoms with Gasteiger partial charge in [0.1, 0.15) is 12.1 Å². The second kappa shape index (κ2) is 6.38. The second-order valence-electron chi connectivity index (χ2n) is 4.84. The number of nitrogens with zero attached hydrogens (tertiary/aromatic N) is 2. The summed E-state index contributed by atoms with van der Waals surface area (Å²) in [6.45, 7) is 4.90. The molecule has 18 heavy (non-hydrogen) atoms. The molecule has 0 aromatic carbocycles. The Morgan fingerprint density at radius 2 is 2.28 bits per heavy atom. The Balaban J connectivity index is 1.81. The first-order valence-electron chi connectivity index (χ1n) is 6.64. The fourth-order valence-electron chi connectivity index (χ4n) is 2.06. The van der Waals surface area contributed by atoms with E-state index in [2.05, 4.69) is 21.4 Å². The molecule has 0 amide bonds. The van der Waals surface area contributed by atoms with Crippen molar-refractivity contribution in [1.29, 1.82) is 0 Å². The van der Waals surface area contributed by atoms with E-state index in [1.165, 1.54) is 25.6 Å². The molecule has 0 aliphatic heterocycles. The van der Waals surface area contributed by atoms with E-state index >= 15 is 0 Å². The summed E-state index contributed by atoms with van der Waals surface area (Å²) in [6, 6.07) is 1.85. The van der Waals surface area contributed by atoms with Crippen LogP contribution in [0.5, 0.6) is 5.88 Å². The van der Waals surface area contributed by atoms with Gasteiger partial charge in [-0.2, -0.15) is 0 Å². The Labute approximate surface area is 108 Å². The molecule has 4 nitrogen and oxygen atoms in total. The standard InChI is InChI=1S/C14H21N3O/c1-11(2)18-14-9-13(16-10-17-14)15-8-7-12-5-3-4-6-12/h5,9-11H,3-4,6-8H2,1-2H3,(H,15,16,17). The number of aromatic nitrogens is 2. The summed E-state index contributed by atoms with van der Waals surface area (Å²) in [5.41, 5.74) is 1.57. The SMILES string of the molecule is CC(C)Oc1cc(NCCC2=CCCC2)ncn1. The Bertz CT molecular complexity index is 415. The normalized spacial score (nSPS) is 14.7. The smallest absolute Gasteiger partial charge is 0.218 e. The number of allylic oxidation sites excluding steroid dienone is 1.